The van der Waals surface area contributed by atoms with Gasteiger partial charge in [0.2, 0.25) is 0 Å². The van der Waals surface area contributed by atoms with Crippen molar-refractivity contribution in [1.82, 2.24) is 15.3 Å². The van der Waals surface area contributed by atoms with Crippen molar-refractivity contribution >= 4 is 33.3 Å². The van der Waals surface area contributed by atoms with Gasteiger partial charge in [-0.2, -0.15) is 0 Å². The molecular formula is C14H16BrN5. The lowest BCUT2D eigenvalue weighted by Gasteiger charge is -2.29. The maximum Gasteiger partial charge on any atom is 0.173 e. The molecule has 1 aliphatic heterocycles. The van der Waals surface area contributed by atoms with Crippen molar-refractivity contribution in [2.24, 2.45) is 0 Å². The molecule has 2 heterocycles. The summed E-state index contributed by atoms with van der Waals surface area (Å²) in [7, 11) is 0. The lowest BCUT2D eigenvalue weighted by molar-refractivity contribution is 0.585. The van der Waals surface area contributed by atoms with Crippen molar-refractivity contribution < 1.29 is 0 Å². The van der Waals surface area contributed by atoms with Crippen LogP contribution in [0.2, 0.25) is 0 Å². The summed E-state index contributed by atoms with van der Waals surface area (Å²) in [5.41, 5.74) is 0.997. The second kappa shape index (κ2) is 6.19. The summed E-state index contributed by atoms with van der Waals surface area (Å²) >= 11 is 3.48. The first-order valence-electron chi connectivity index (χ1n) is 6.62. The predicted molar refractivity (Wildman–Crippen MR) is 84.5 cm³/mol. The fourth-order valence-corrected chi connectivity index (χ4v) is 2.63. The van der Waals surface area contributed by atoms with Crippen LogP contribution >= 0.6 is 15.9 Å². The average Bonchev–Trinajstić information content (AvgIpc) is 2.49. The van der Waals surface area contributed by atoms with E-state index in [2.05, 4.69) is 41.4 Å². The van der Waals surface area contributed by atoms with Gasteiger partial charge in [-0.25, -0.2) is 9.97 Å². The molecule has 3 rings (SSSR count). The highest BCUT2D eigenvalue weighted by atomic mass is 79.9. The lowest BCUT2D eigenvalue weighted by Crippen LogP contribution is -2.44. The molecule has 104 valence electrons. The lowest BCUT2D eigenvalue weighted by atomic mass is 10.3. The smallest absolute Gasteiger partial charge is 0.173 e. The number of rotatable bonds is 3. The quantitative estimate of drug-likeness (QED) is 0.903. The van der Waals surface area contributed by atoms with Crippen LogP contribution in [0.15, 0.2) is 41.1 Å². The van der Waals surface area contributed by atoms with Crippen LogP contribution in [0.4, 0.5) is 17.3 Å². The number of nitrogens with one attached hydrogen (secondary N) is 2. The SMILES string of the molecule is Brc1cccc(Nc2nccnc2N2CCNCC2)c1. The first-order valence-corrected chi connectivity index (χ1v) is 7.41. The molecule has 0 atom stereocenters. The predicted octanol–water partition coefficient (Wildman–Crippen LogP) is 2.39. The van der Waals surface area contributed by atoms with Gasteiger partial charge in [0.15, 0.2) is 11.6 Å². The third-order valence-electron chi connectivity index (χ3n) is 3.18. The molecule has 2 aromatic rings. The van der Waals surface area contributed by atoms with E-state index >= 15 is 0 Å². The molecule has 1 aromatic heterocycles. The Labute approximate surface area is 126 Å². The van der Waals surface area contributed by atoms with Crippen LogP contribution in [-0.4, -0.2) is 36.1 Å². The largest absolute Gasteiger partial charge is 0.351 e. The van der Waals surface area contributed by atoms with Gasteiger partial charge in [0, 0.05) is 48.7 Å². The second-order valence-corrected chi connectivity index (χ2v) is 5.52. The number of piperazine rings is 1. The summed E-state index contributed by atoms with van der Waals surface area (Å²) < 4.78 is 1.04. The van der Waals surface area contributed by atoms with Gasteiger partial charge in [0.1, 0.15) is 0 Å². The monoisotopic (exact) mass is 333 g/mol. The zero-order valence-corrected chi connectivity index (χ0v) is 12.6. The van der Waals surface area contributed by atoms with E-state index in [9.17, 15) is 0 Å². The topological polar surface area (TPSA) is 53.1 Å². The van der Waals surface area contributed by atoms with E-state index < -0.39 is 0 Å². The van der Waals surface area contributed by atoms with E-state index in [1.165, 1.54) is 0 Å². The number of halogens is 1. The minimum Gasteiger partial charge on any atom is -0.351 e. The van der Waals surface area contributed by atoms with Crippen LogP contribution in [0.25, 0.3) is 0 Å². The minimum atomic E-state index is 0.799. The van der Waals surface area contributed by atoms with E-state index in [0.717, 1.165) is 48.0 Å². The number of nitrogens with zero attached hydrogens (tertiary/aromatic N) is 3. The fourth-order valence-electron chi connectivity index (χ4n) is 2.23. The Morgan fingerprint density at radius 2 is 1.95 bits per heavy atom. The Bertz CT molecular complexity index is 583. The molecule has 2 N–H and O–H groups in total. The summed E-state index contributed by atoms with van der Waals surface area (Å²) in [6, 6.07) is 8.03. The van der Waals surface area contributed by atoms with Gasteiger partial charge in [-0.15, -0.1) is 0 Å². The van der Waals surface area contributed by atoms with Gasteiger partial charge < -0.3 is 15.5 Å². The van der Waals surface area contributed by atoms with Gasteiger partial charge in [-0.05, 0) is 18.2 Å². The van der Waals surface area contributed by atoms with Crippen molar-refractivity contribution in [1.29, 1.82) is 0 Å². The van der Waals surface area contributed by atoms with E-state index in [4.69, 9.17) is 0 Å². The maximum absolute atomic E-state index is 4.48. The van der Waals surface area contributed by atoms with Crippen LogP contribution in [0.3, 0.4) is 0 Å². The molecule has 0 saturated carbocycles. The minimum absolute atomic E-state index is 0.799. The van der Waals surface area contributed by atoms with Crippen LogP contribution < -0.4 is 15.5 Å². The number of benzene rings is 1. The molecule has 0 aliphatic carbocycles. The summed E-state index contributed by atoms with van der Waals surface area (Å²) in [4.78, 5) is 11.2. The van der Waals surface area contributed by atoms with Crippen molar-refractivity contribution in [2.45, 2.75) is 0 Å². The first kappa shape index (κ1) is 13.3. The van der Waals surface area contributed by atoms with E-state index in [1.807, 2.05) is 24.3 Å². The Morgan fingerprint density at radius 3 is 2.75 bits per heavy atom. The second-order valence-electron chi connectivity index (χ2n) is 4.60. The highest BCUT2D eigenvalue weighted by molar-refractivity contribution is 9.10. The number of hydrogen-bond donors (Lipinski definition) is 2. The molecule has 0 bridgehead atoms. The average molecular weight is 334 g/mol. The van der Waals surface area contributed by atoms with Gasteiger partial charge >= 0.3 is 0 Å². The van der Waals surface area contributed by atoms with Crippen LogP contribution in [0.5, 0.6) is 0 Å². The highest BCUT2D eigenvalue weighted by Crippen LogP contribution is 2.25. The molecular weight excluding hydrogens is 318 g/mol. The van der Waals surface area contributed by atoms with E-state index in [1.54, 1.807) is 12.4 Å². The van der Waals surface area contributed by atoms with Crippen LogP contribution in [0, 0.1) is 0 Å². The van der Waals surface area contributed by atoms with Crippen molar-refractivity contribution in [3.63, 3.8) is 0 Å². The van der Waals surface area contributed by atoms with Crippen molar-refractivity contribution in [3.05, 3.63) is 41.1 Å². The van der Waals surface area contributed by atoms with Crippen LogP contribution in [0.1, 0.15) is 0 Å². The standard InChI is InChI=1S/C14H16BrN5/c15-11-2-1-3-12(10-11)19-13-14(18-5-4-17-13)20-8-6-16-7-9-20/h1-5,10,16H,6-9H2,(H,17,19). The van der Waals surface area contributed by atoms with Gasteiger partial charge in [0.25, 0.3) is 0 Å². The number of anilines is 3. The summed E-state index contributed by atoms with van der Waals surface area (Å²) in [5, 5.41) is 6.69. The Balaban J connectivity index is 1.85. The zero-order chi connectivity index (χ0) is 13.8. The molecule has 1 aliphatic rings. The zero-order valence-electron chi connectivity index (χ0n) is 11.0. The molecule has 1 saturated heterocycles. The third kappa shape index (κ3) is 3.08. The molecule has 6 heteroatoms. The first-order chi connectivity index (χ1) is 9.83. The maximum atomic E-state index is 4.48. The molecule has 5 nitrogen and oxygen atoms in total. The summed E-state index contributed by atoms with van der Waals surface area (Å²) in [5.74, 6) is 1.71. The summed E-state index contributed by atoms with van der Waals surface area (Å²) in [6.45, 7) is 3.86. The van der Waals surface area contributed by atoms with Crippen molar-refractivity contribution in [3.8, 4) is 0 Å². The van der Waals surface area contributed by atoms with Gasteiger partial charge in [-0.3, -0.25) is 0 Å². The molecule has 0 spiro atoms. The number of hydrogen-bond acceptors (Lipinski definition) is 5. The Kier molecular flexibility index (Phi) is 4.13. The molecule has 20 heavy (non-hydrogen) atoms. The van der Waals surface area contributed by atoms with Crippen molar-refractivity contribution in [2.75, 3.05) is 36.4 Å². The highest BCUT2D eigenvalue weighted by Gasteiger charge is 2.16. The van der Waals surface area contributed by atoms with E-state index in [0.29, 0.717) is 0 Å². The van der Waals surface area contributed by atoms with Crippen LogP contribution in [-0.2, 0) is 0 Å². The molecule has 0 radical (unpaired) electrons. The normalized spacial score (nSPS) is 15.2. The Hall–Kier alpha value is -1.66. The Morgan fingerprint density at radius 1 is 1.15 bits per heavy atom. The van der Waals surface area contributed by atoms with E-state index in [-0.39, 0.29) is 0 Å². The number of aromatic nitrogens is 2. The fraction of sp³-hybridized carbons (Fsp3) is 0.286. The molecule has 0 unspecified atom stereocenters. The van der Waals surface area contributed by atoms with Gasteiger partial charge in [-0.1, -0.05) is 22.0 Å². The third-order valence-corrected chi connectivity index (χ3v) is 3.68. The molecule has 1 fully saturated rings. The molecule has 1 aromatic carbocycles. The molecule has 0 amide bonds. The summed E-state index contributed by atoms with van der Waals surface area (Å²) in [6.07, 6.45) is 3.45. The van der Waals surface area contributed by atoms with Gasteiger partial charge in [0.05, 0.1) is 0 Å².